The predicted molar refractivity (Wildman–Crippen MR) is 168 cm³/mol. The molecule has 0 saturated carbocycles. The smallest absolute Gasteiger partial charge is 0.417 e. The number of pyridine rings is 1. The van der Waals surface area contributed by atoms with Crippen molar-refractivity contribution in [2.24, 2.45) is 0 Å². The highest BCUT2D eigenvalue weighted by atomic mass is 35.5. The number of nitrogens with zero attached hydrogens (tertiary/aromatic N) is 3. The summed E-state index contributed by atoms with van der Waals surface area (Å²) in [7, 11) is 0. The highest BCUT2D eigenvalue weighted by Gasteiger charge is 2.38. The number of carbonyl (C=O) groups excluding carboxylic acids is 2. The number of anilines is 1. The minimum atomic E-state index is -4.73. The van der Waals surface area contributed by atoms with Gasteiger partial charge in [-0.25, -0.2) is 4.98 Å². The molecule has 12 heteroatoms. The molecule has 2 aliphatic heterocycles. The number of alkyl halides is 3. The van der Waals surface area contributed by atoms with Gasteiger partial charge >= 0.3 is 6.18 Å². The van der Waals surface area contributed by atoms with Gasteiger partial charge in [-0.05, 0) is 80.8 Å². The maximum atomic E-state index is 13.8. The van der Waals surface area contributed by atoms with Crippen molar-refractivity contribution in [3.8, 4) is 17.0 Å². The molecular formula is C33H37ClF3N5O3. The monoisotopic (exact) mass is 643 g/mol. The molecule has 0 aliphatic carbocycles. The Morgan fingerprint density at radius 3 is 2.64 bits per heavy atom. The number of hydrogen-bond acceptors (Lipinski definition) is 6. The highest BCUT2D eigenvalue weighted by Crippen LogP contribution is 2.36. The highest BCUT2D eigenvalue weighted by molar-refractivity contribution is 6.30. The second-order valence-electron chi connectivity index (χ2n) is 11.2. The van der Waals surface area contributed by atoms with Gasteiger partial charge in [-0.2, -0.15) is 13.2 Å². The Hall–Kier alpha value is -3.83. The van der Waals surface area contributed by atoms with E-state index in [0.29, 0.717) is 43.2 Å². The molecule has 5 rings (SSSR count). The van der Waals surface area contributed by atoms with E-state index in [2.05, 4.69) is 20.5 Å². The van der Waals surface area contributed by atoms with Crippen molar-refractivity contribution in [3.63, 3.8) is 0 Å². The molecule has 2 atom stereocenters. The summed E-state index contributed by atoms with van der Waals surface area (Å²) >= 11 is 5.84. The first-order valence-electron chi connectivity index (χ1n) is 15.3. The number of piperazine rings is 1. The number of aromatic nitrogens is 1. The first-order chi connectivity index (χ1) is 21.6. The van der Waals surface area contributed by atoms with Gasteiger partial charge in [0.1, 0.15) is 0 Å². The average molecular weight is 644 g/mol. The molecule has 3 aromatic rings. The summed E-state index contributed by atoms with van der Waals surface area (Å²) in [6, 6.07) is 12.5. The van der Waals surface area contributed by atoms with E-state index in [1.54, 1.807) is 6.20 Å². The average Bonchev–Trinajstić information content (AvgIpc) is 3.57. The second-order valence-corrected chi connectivity index (χ2v) is 11.7. The molecule has 2 N–H and O–H groups in total. The third kappa shape index (κ3) is 7.36. The zero-order chi connectivity index (χ0) is 32.1. The van der Waals surface area contributed by atoms with Gasteiger partial charge in [0, 0.05) is 60.7 Å². The topological polar surface area (TPSA) is 86.8 Å². The number of carbonyl (C=O) groups is 2. The Morgan fingerprint density at radius 2 is 1.93 bits per heavy atom. The van der Waals surface area contributed by atoms with E-state index in [-0.39, 0.29) is 36.1 Å². The SMILES string of the molecule is CCOc1ncccc1-c1ccc(N2CCN(C(=O)c3ccc(Cl)cc3C(F)(F)F)C[C@H]2CC)c(C(=O)NC[C@H]2CCCN2)c1. The fourth-order valence-electron chi connectivity index (χ4n) is 6.05. The maximum Gasteiger partial charge on any atom is 0.417 e. The number of hydrogen-bond donors (Lipinski definition) is 2. The fraction of sp³-hybridized carbons (Fsp3) is 0.424. The van der Waals surface area contributed by atoms with Gasteiger partial charge in [-0.15, -0.1) is 0 Å². The third-order valence-electron chi connectivity index (χ3n) is 8.34. The molecule has 2 amide bonds. The van der Waals surface area contributed by atoms with Crippen LogP contribution in [0.1, 0.15) is 59.4 Å². The summed E-state index contributed by atoms with van der Waals surface area (Å²) in [5.41, 5.74) is 1.20. The Labute approximate surface area is 265 Å². The molecule has 0 bridgehead atoms. The van der Waals surface area contributed by atoms with Gasteiger partial charge in [0.25, 0.3) is 11.8 Å². The molecule has 240 valence electrons. The minimum absolute atomic E-state index is 0.0900. The van der Waals surface area contributed by atoms with Crippen molar-refractivity contribution in [2.45, 2.75) is 51.4 Å². The normalized spacial score (nSPS) is 18.6. The Balaban J connectivity index is 1.45. The maximum absolute atomic E-state index is 13.8. The van der Waals surface area contributed by atoms with Crippen LogP contribution in [0.15, 0.2) is 54.7 Å². The van der Waals surface area contributed by atoms with E-state index in [1.165, 1.54) is 11.0 Å². The van der Waals surface area contributed by atoms with Crippen LogP contribution in [0.3, 0.4) is 0 Å². The van der Waals surface area contributed by atoms with Crippen LogP contribution in [0.25, 0.3) is 11.1 Å². The number of halogens is 4. The van der Waals surface area contributed by atoms with Gasteiger partial charge in [-0.1, -0.05) is 24.6 Å². The Bertz CT molecular complexity index is 1530. The summed E-state index contributed by atoms with van der Waals surface area (Å²) in [5, 5.41) is 6.39. The van der Waals surface area contributed by atoms with Crippen molar-refractivity contribution >= 4 is 29.1 Å². The van der Waals surface area contributed by atoms with E-state index < -0.39 is 23.2 Å². The van der Waals surface area contributed by atoms with Crippen LogP contribution in [-0.4, -0.2) is 73.1 Å². The molecule has 2 fully saturated rings. The molecule has 0 radical (unpaired) electrons. The summed E-state index contributed by atoms with van der Waals surface area (Å²) in [6.07, 6.45) is -0.430. The quantitative estimate of drug-likeness (QED) is 0.296. The van der Waals surface area contributed by atoms with Gasteiger partial charge in [0.05, 0.1) is 23.3 Å². The lowest BCUT2D eigenvalue weighted by atomic mass is 9.98. The number of nitrogens with one attached hydrogen (secondary N) is 2. The van der Waals surface area contributed by atoms with Gasteiger partial charge in [0.15, 0.2) is 0 Å². The van der Waals surface area contributed by atoms with Crippen LogP contribution < -0.4 is 20.3 Å². The summed E-state index contributed by atoms with van der Waals surface area (Å²) < 4.78 is 47.1. The van der Waals surface area contributed by atoms with Gasteiger partial charge < -0.3 is 25.2 Å². The fourth-order valence-corrected chi connectivity index (χ4v) is 6.23. The first-order valence-corrected chi connectivity index (χ1v) is 15.6. The molecule has 0 spiro atoms. The van der Waals surface area contributed by atoms with Crippen LogP contribution in [-0.2, 0) is 6.18 Å². The molecule has 3 heterocycles. The number of ether oxygens (including phenoxy) is 1. The molecule has 1 aromatic heterocycles. The van der Waals surface area contributed by atoms with Crippen molar-refractivity contribution in [1.82, 2.24) is 20.5 Å². The van der Waals surface area contributed by atoms with E-state index >= 15 is 0 Å². The van der Waals surface area contributed by atoms with Crippen molar-refractivity contribution < 1.29 is 27.5 Å². The van der Waals surface area contributed by atoms with Crippen LogP contribution in [0.2, 0.25) is 5.02 Å². The van der Waals surface area contributed by atoms with E-state index in [0.717, 1.165) is 42.6 Å². The molecule has 45 heavy (non-hydrogen) atoms. The minimum Gasteiger partial charge on any atom is -0.478 e. The Kier molecular flexibility index (Phi) is 10.2. The lowest BCUT2D eigenvalue weighted by Crippen LogP contribution is -2.55. The van der Waals surface area contributed by atoms with Gasteiger partial charge in [0.2, 0.25) is 5.88 Å². The summed E-state index contributed by atoms with van der Waals surface area (Å²) in [4.78, 5) is 35.1. The van der Waals surface area contributed by atoms with Crippen LogP contribution in [0, 0.1) is 0 Å². The molecule has 2 aromatic carbocycles. The molecular weight excluding hydrogens is 607 g/mol. The standard InChI is InChI=1S/C33H37ClF3N5O3/c1-3-24-20-41(32(44)26-11-10-22(34)18-28(26)33(35,36)37)15-16-42(24)29-12-9-21(25-8-6-14-39-31(25)45-4-2)17-27(29)30(43)40-19-23-7-5-13-38-23/h6,8-12,14,17-18,23-24,38H,3-5,7,13,15-16,19-20H2,1-2H3,(H,40,43)/t23-,24-/m1/s1. The zero-order valence-electron chi connectivity index (χ0n) is 25.3. The zero-order valence-corrected chi connectivity index (χ0v) is 26.0. The predicted octanol–water partition coefficient (Wildman–Crippen LogP) is 6.04. The van der Waals surface area contributed by atoms with Crippen LogP contribution in [0.4, 0.5) is 18.9 Å². The molecule has 0 unspecified atom stereocenters. The molecule has 8 nitrogen and oxygen atoms in total. The van der Waals surface area contributed by atoms with E-state index in [1.807, 2.05) is 44.2 Å². The van der Waals surface area contributed by atoms with Crippen LogP contribution >= 0.6 is 11.6 Å². The lowest BCUT2D eigenvalue weighted by Gasteiger charge is -2.43. The lowest BCUT2D eigenvalue weighted by molar-refractivity contribution is -0.138. The molecule has 2 saturated heterocycles. The summed E-state index contributed by atoms with van der Waals surface area (Å²) in [6.45, 7) is 6.39. The van der Waals surface area contributed by atoms with Crippen molar-refractivity contribution in [3.05, 3.63) is 76.4 Å². The number of amides is 2. The Morgan fingerprint density at radius 1 is 1.11 bits per heavy atom. The number of benzene rings is 2. The largest absolute Gasteiger partial charge is 0.478 e. The molecule has 2 aliphatic rings. The van der Waals surface area contributed by atoms with Crippen molar-refractivity contribution in [2.75, 3.05) is 44.2 Å². The summed E-state index contributed by atoms with van der Waals surface area (Å²) in [5.74, 6) is -0.463. The van der Waals surface area contributed by atoms with Crippen molar-refractivity contribution in [1.29, 1.82) is 0 Å². The van der Waals surface area contributed by atoms with Gasteiger partial charge in [-0.3, -0.25) is 9.59 Å². The third-order valence-corrected chi connectivity index (χ3v) is 8.58. The van der Waals surface area contributed by atoms with E-state index in [9.17, 15) is 22.8 Å². The second kappa shape index (κ2) is 14.1. The first kappa shape index (κ1) is 32.6. The van der Waals surface area contributed by atoms with E-state index in [4.69, 9.17) is 16.3 Å². The van der Waals surface area contributed by atoms with Crippen LogP contribution in [0.5, 0.6) is 5.88 Å². The number of rotatable bonds is 9.